The fourth-order valence-corrected chi connectivity index (χ4v) is 3.67. The van der Waals surface area contributed by atoms with E-state index < -0.39 is 0 Å². The van der Waals surface area contributed by atoms with Crippen LogP contribution in [0.2, 0.25) is 0 Å². The lowest BCUT2D eigenvalue weighted by atomic mass is 9.70. The molecular formula is C18H30N2O. The van der Waals surface area contributed by atoms with Crippen molar-refractivity contribution in [2.45, 2.75) is 32.6 Å². The van der Waals surface area contributed by atoms with Crippen LogP contribution in [0.5, 0.6) is 5.75 Å². The summed E-state index contributed by atoms with van der Waals surface area (Å²) in [5.74, 6) is 1.84. The van der Waals surface area contributed by atoms with Gasteiger partial charge in [0.1, 0.15) is 5.75 Å². The number of nitrogens with zero attached hydrogens (tertiary/aromatic N) is 1. The van der Waals surface area contributed by atoms with E-state index in [1.807, 2.05) is 12.1 Å². The highest BCUT2D eigenvalue weighted by Crippen LogP contribution is 2.40. The molecule has 0 amide bonds. The van der Waals surface area contributed by atoms with Crippen molar-refractivity contribution in [2.24, 2.45) is 11.3 Å². The molecule has 1 aromatic rings. The Kier molecular flexibility index (Phi) is 5.51. The van der Waals surface area contributed by atoms with Crippen molar-refractivity contribution in [3.63, 3.8) is 0 Å². The highest BCUT2D eigenvalue weighted by Gasteiger charge is 2.35. The van der Waals surface area contributed by atoms with Gasteiger partial charge in [0.05, 0.1) is 12.8 Å². The van der Waals surface area contributed by atoms with E-state index in [0.29, 0.717) is 5.41 Å². The third-order valence-electron chi connectivity index (χ3n) is 4.96. The van der Waals surface area contributed by atoms with Crippen LogP contribution in [0.25, 0.3) is 0 Å². The molecule has 1 aromatic carbocycles. The molecule has 1 fully saturated rings. The van der Waals surface area contributed by atoms with Crippen molar-refractivity contribution in [2.75, 3.05) is 39.2 Å². The lowest BCUT2D eigenvalue weighted by Gasteiger charge is -2.42. The molecule has 0 saturated heterocycles. The molecule has 0 bridgehead atoms. The second-order valence-corrected chi connectivity index (χ2v) is 6.74. The highest BCUT2D eigenvalue weighted by atomic mass is 16.5. The summed E-state index contributed by atoms with van der Waals surface area (Å²) >= 11 is 0. The maximum absolute atomic E-state index is 5.51. The van der Waals surface area contributed by atoms with E-state index in [-0.39, 0.29) is 0 Å². The molecule has 2 rings (SSSR count). The topological polar surface area (TPSA) is 24.5 Å². The SMILES string of the molecule is CNCC1(CN(C)c2ccccc2OC)CCC(C)CC1. The second-order valence-electron chi connectivity index (χ2n) is 6.74. The van der Waals surface area contributed by atoms with E-state index in [1.165, 1.54) is 31.4 Å². The Balaban J connectivity index is 2.12. The molecule has 0 atom stereocenters. The van der Waals surface area contributed by atoms with Crippen LogP contribution >= 0.6 is 0 Å². The monoisotopic (exact) mass is 290 g/mol. The number of methoxy groups -OCH3 is 1. The van der Waals surface area contributed by atoms with Gasteiger partial charge in [0.15, 0.2) is 0 Å². The molecule has 3 heteroatoms. The lowest BCUT2D eigenvalue weighted by Crippen LogP contribution is -2.44. The maximum Gasteiger partial charge on any atom is 0.142 e. The molecule has 21 heavy (non-hydrogen) atoms. The average molecular weight is 290 g/mol. The fraction of sp³-hybridized carbons (Fsp3) is 0.667. The van der Waals surface area contributed by atoms with Crippen LogP contribution in [-0.2, 0) is 0 Å². The van der Waals surface area contributed by atoms with E-state index >= 15 is 0 Å². The molecule has 0 aromatic heterocycles. The summed E-state index contributed by atoms with van der Waals surface area (Å²) in [4.78, 5) is 2.37. The van der Waals surface area contributed by atoms with E-state index in [4.69, 9.17) is 4.74 Å². The Labute approximate surface area is 129 Å². The molecule has 3 nitrogen and oxygen atoms in total. The predicted octanol–water partition coefficient (Wildman–Crippen LogP) is 3.55. The molecule has 0 aliphatic heterocycles. The highest BCUT2D eigenvalue weighted by molar-refractivity contribution is 5.58. The summed E-state index contributed by atoms with van der Waals surface area (Å²) in [7, 11) is 6.01. The first-order valence-corrected chi connectivity index (χ1v) is 8.09. The third kappa shape index (κ3) is 3.91. The second kappa shape index (κ2) is 7.17. The van der Waals surface area contributed by atoms with Crippen LogP contribution in [0.4, 0.5) is 5.69 Å². The summed E-state index contributed by atoms with van der Waals surface area (Å²) < 4.78 is 5.51. The molecule has 1 aliphatic rings. The maximum atomic E-state index is 5.51. The van der Waals surface area contributed by atoms with Crippen LogP contribution in [0.3, 0.4) is 0 Å². The van der Waals surface area contributed by atoms with Gasteiger partial charge in [-0.05, 0) is 37.9 Å². The number of benzene rings is 1. The van der Waals surface area contributed by atoms with Crippen molar-refractivity contribution < 1.29 is 4.74 Å². The smallest absolute Gasteiger partial charge is 0.142 e. The van der Waals surface area contributed by atoms with Gasteiger partial charge in [0.2, 0.25) is 0 Å². The van der Waals surface area contributed by atoms with Gasteiger partial charge in [-0.1, -0.05) is 31.9 Å². The minimum absolute atomic E-state index is 0.386. The summed E-state index contributed by atoms with van der Waals surface area (Å²) in [6.07, 6.45) is 5.33. The zero-order valence-corrected chi connectivity index (χ0v) is 14.0. The summed E-state index contributed by atoms with van der Waals surface area (Å²) in [6, 6.07) is 8.31. The minimum Gasteiger partial charge on any atom is -0.495 e. The molecule has 1 N–H and O–H groups in total. The number of anilines is 1. The molecule has 0 spiro atoms. The Morgan fingerprint density at radius 3 is 2.57 bits per heavy atom. The molecule has 1 saturated carbocycles. The minimum atomic E-state index is 0.386. The largest absolute Gasteiger partial charge is 0.495 e. The number of nitrogens with one attached hydrogen (secondary N) is 1. The molecule has 0 heterocycles. The Hall–Kier alpha value is -1.22. The van der Waals surface area contributed by atoms with Gasteiger partial charge in [-0.2, -0.15) is 0 Å². The average Bonchev–Trinajstić information content (AvgIpc) is 2.50. The number of ether oxygens (including phenoxy) is 1. The van der Waals surface area contributed by atoms with Gasteiger partial charge in [-0.15, -0.1) is 0 Å². The van der Waals surface area contributed by atoms with Gasteiger partial charge < -0.3 is 15.0 Å². The predicted molar refractivity (Wildman–Crippen MR) is 90.3 cm³/mol. The van der Waals surface area contributed by atoms with Gasteiger partial charge in [0.25, 0.3) is 0 Å². The number of para-hydroxylation sites is 2. The van der Waals surface area contributed by atoms with Crippen LogP contribution in [0.1, 0.15) is 32.6 Å². The van der Waals surface area contributed by atoms with Crippen molar-refractivity contribution >= 4 is 5.69 Å². The molecule has 0 unspecified atom stereocenters. The van der Waals surface area contributed by atoms with E-state index in [2.05, 4.69) is 43.4 Å². The molecular weight excluding hydrogens is 260 g/mol. The number of rotatable bonds is 6. The van der Waals surface area contributed by atoms with Crippen molar-refractivity contribution in [3.05, 3.63) is 24.3 Å². The zero-order chi connectivity index (χ0) is 15.3. The summed E-state index contributed by atoms with van der Waals surface area (Å²) in [5.41, 5.74) is 1.57. The van der Waals surface area contributed by atoms with Gasteiger partial charge >= 0.3 is 0 Å². The normalized spacial score (nSPS) is 25.6. The molecule has 118 valence electrons. The van der Waals surface area contributed by atoms with Crippen LogP contribution in [0, 0.1) is 11.3 Å². The first-order valence-electron chi connectivity index (χ1n) is 8.09. The van der Waals surface area contributed by atoms with Crippen molar-refractivity contribution in [3.8, 4) is 5.75 Å². The zero-order valence-electron chi connectivity index (χ0n) is 14.0. The van der Waals surface area contributed by atoms with Crippen LogP contribution < -0.4 is 15.0 Å². The first kappa shape index (κ1) is 16.2. The summed E-state index contributed by atoms with van der Waals surface area (Å²) in [6.45, 7) is 4.56. The first-order chi connectivity index (χ1) is 10.1. The van der Waals surface area contributed by atoms with Crippen LogP contribution in [0.15, 0.2) is 24.3 Å². The van der Waals surface area contributed by atoms with Gasteiger partial charge in [-0.25, -0.2) is 0 Å². The molecule has 1 aliphatic carbocycles. The quantitative estimate of drug-likeness (QED) is 0.867. The van der Waals surface area contributed by atoms with E-state index in [1.54, 1.807) is 7.11 Å². The van der Waals surface area contributed by atoms with Gasteiger partial charge in [-0.3, -0.25) is 0 Å². The summed E-state index contributed by atoms with van der Waals surface area (Å²) in [5, 5.41) is 3.42. The Bertz CT molecular complexity index is 439. The third-order valence-corrected chi connectivity index (χ3v) is 4.96. The Morgan fingerprint density at radius 2 is 1.95 bits per heavy atom. The van der Waals surface area contributed by atoms with E-state index in [9.17, 15) is 0 Å². The lowest BCUT2D eigenvalue weighted by molar-refractivity contribution is 0.161. The van der Waals surface area contributed by atoms with Crippen molar-refractivity contribution in [1.29, 1.82) is 0 Å². The van der Waals surface area contributed by atoms with Gasteiger partial charge in [0, 0.05) is 25.6 Å². The van der Waals surface area contributed by atoms with Crippen LogP contribution in [-0.4, -0.2) is 34.3 Å². The van der Waals surface area contributed by atoms with Crippen molar-refractivity contribution in [1.82, 2.24) is 5.32 Å². The number of hydrogen-bond acceptors (Lipinski definition) is 3. The Morgan fingerprint density at radius 1 is 1.29 bits per heavy atom. The number of hydrogen-bond donors (Lipinski definition) is 1. The standard InChI is InChI=1S/C18H30N2O/c1-15-9-11-18(12-10-15,13-19-2)14-20(3)16-7-5-6-8-17(16)21-4/h5-8,15,19H,9-14H2,1-4H3. The fourth-order valence-electron chi connectivity index (χ4n) is 3.67. The molecule has 0 radical (unpaired) electrons. The van der Waals surface area contributed by atoms with E-state index in [0.717, 1.165) is 24.8 Å².